The molecular formula is C31H32ClN3O7S. The maximum absolute atomic E-state index is 14.0. The van der Waals surface area contributed by atoms with Gasteiger partial charge in [-0.15, -0.1) is 0 Å². The number of benzene rings is 2. The minimum atomic E-state index is -0.830. The molecule has 226 valence electrons. The van der Waals surface area contributed by atoms with Crippen molar-refractivity contribution in [1.82, 2.24) is 4.57 Å². The molecule has 1 aliphatic rings. The van der Waals surface area contributed by atoms with Gasteiger partial charge >= 0.3 is 5.97 Å². The molecule has 10 nitrogen and oxygen atoms in total. The van der Waals surface area contributed by atoms with Crippen LogP contribution in [0.5, 0.6) is 23.0 Å². The molecule has 1 aromatic heterocycles. The van der Waals surface area contributed by atoms with Crippen LogP contribution in [0.2, 0.25) is 5.02 Å². The second kappa shape index (κ2) is 13.8. The topological polar surface area (TPSA) is 121 Å². The fraction of sp³-hybridized carbons (Fsp3) is 0.355. The van der Waals surface area contributed by atoms with Crippen molar-refractivity contribution >= 4 is 35.0 Å². The lowest BCUT2D eigenvalue weighted by Crippen LogP contribution is -2.40. The molecule has 2 aromatic carbocycles. The first kappa shape index (κ1) is 31.7. The molecule has 0 unspecified atom stereocenters. The third kappa shape index (κ3) is 6.71. The Kier molecular flexibility index (Phi) is 10.2. The van der Waals surface area contributed by atoms with Crippen LogP contribution < -0.4 is 33.8 Å². The van der Waals surface area contributed by atoms with E-state index in [2.05, 4.69) is 4.99 Å². The summed E-state index contributed by atoms with van der Waals surface area (Å²) in [6.07, 6.45) is 1.59. The van der Waals surface area contributed by atoms with Gasteiger partial charge < -0.3 is 23.7 Å². The van der Waals surface area contributed by atoms with Crippen LogP contribution in [0.1, 0.15) is 51.8 Å². The van der Waals surface area contributed by atoms with E-state index in [0.717, 1.165) is 0 Å². The van der Waals surface area contributed by atoms with Gasteiger partial charge in [0.15, 0.2) is 34.4 Å². The highest BCUT2D eigenvalue weighted by Crippen LogP contribution is 2.38. The molecule has 0 amide bonds. The maximum Gasteiger partial charge on any atom is 0.338 e. The number of allylic oxidation sites excluding steroid dienone is 1. The largest absolute Gasteiger partial charge is 0.493 e. The van der Waals surface area contributed by atoms with Crippen molar-refractivity contribution in [2.45, 2.75) is 46.8 Å². The Morgan fingerprint density at radius 3 is 2.58 bits per heavy atom. The molecule has 2 heterocycles. The van der Waals surface area contributed by atoms with Gasteiger partial charge in [-0.2, -0.15) is 5.26 Å². The summed E-state index contributed by atoms with van der Waals surface area (Å²) in [4.78, 5) is 32.3. The van der Waals surface area contributed by atoms with Crippen LogP contribution in [0, 0.1) is 11.3 Å². The van der Waals surface area contributed by atoms with Gasteiger partial charge in [-0.3, -0.25) is 9.36 Å². The zero-order valence-corrected chi connectivity index (χ0v) is 26.3. The van der Waals surface area contributed by atoms with Crippen molar-refractivity contribution in [1.29, 1.82) is 5.26 Å². The minimum Gasteiger partial charge on any atom is -0.493 e. The van der Waals surface area contributed by atoms with Crippen LogP contribution in [-0.4, -0.2) is 43.6 Å². The van der Waals surface area contributed by atoms with Gasteiger partial charge in [0, 0.05) is 0 Å². The quantitative estimate of drug-likeness (QED) is 0.285. The first-order valence-electron chi connectivity index (χ1n) is 13.6. The molecule has 12 heteroatoms. The van der Waals surface area contributed by atoms with Crippen LogP contribution >= 0.6 is 22.9 Å². The van der Waals surface area contributed by atoms with E-state index in [1.54, 1.807) is 50.3 Å². The molecule has 0 saturated heterocycles. The fourth-order valence-corrected chi connectivity index (χ4v) is 5.96. The molecule has 3 aromatic rings. The van der Waals surface area contributed by atoms with Crippen molar-refractivity contribution in [3.8, 4) is 29.1 Å². The summed E-state index contributed by atoms with van der Waals surface area (Å²) in [7, 11) is 1.53. The van der Waals surface area contributed by atoms with Crippen molar-refractivity contribution in [2.75, 3.05) is 26.9 Å². The zero-order chi connectivity index (χ0) is 31.3. The number of carbonyl (C=O) groups excluding carboxylic acids is 1. The van der Waals surface area contributed by atoms with E-state index in [9.17, 15) is 9.59 Å². The summed E-state index contributed by atoms with van der Waals surface area (Å²) < 4.78 is 29.9. The SMILES string of the molecule is CCOC(=O)C1=C(C)N=c2s/c(=C\c3cc(Cl)c(OCC#N)c(OCC)c3)c(=O)n2[C@@H]1c1ccc(OC(C)C)c(OC)c1. The van der Waals surface area contributed by atoms with Crippen molar-refractivity contribution in [3.05, 3.63) is 77.4 Å². The van der Waals surface area contributed by atoms with Gasteiger partial charge in [-0.25, -0.2) is 9.79 Å². The van der Waals surface area contributed by atoms with Gasteiger partial charge in [0.1, 0.15) is 6.07 Å². The maximum atomic E-state index is 14.0. The second-order valence-electron chi connectivity index (χ2n) is 9.59. The number of methoxy groups -OCH3 is 1. The fourth-order valence-electron chi connectivity index (χ4n) is 4.64. The summed E-state index contributed by atoms with van der Waals surface area (Å²) in [6.45, 7) is 9.37. The van der Waals surface area contributed by atoms with E-state index in [-0.39, 0.29) is 41.2 Å². The van der Waals surface area contributed by atoms with Gasteiger partial charge in [0.2, 0.25) is 0 Å². The van der Waals surface area contributed by atoms with E-state index in [0.29, 0.717) is 50.0 Å². The van der Waals surface area contributed by atoms with Crippen LogP contribution in [0.15, 0.2) is 51.4 Å². The van der Waals surface area contributed by atoms with E-state index in [4.69, 9.17) is 40.5 Å². The van der Waals surface area contributed by atoms with Crippen LogP contribution in [-0.2, 0) is 9.53 Å². The number of nitriles is 1. The number of ether oxygens (including phenoxy) is 5. The van der Waals surface area contributed by atoms with Crippen molar-refractivity contribution in [3.63, 3.8) is 0 Å². The lowest BCUT2D eigenvalue weighted by atomic mass is 9.95. The number of aromatic nitrogens is 1. The standard InChI is InChI=1S/C31H32ClN3O7S/c1-7-39-24-14-19(13-21(32)28(24)41-12-11-33)15-25-29(36)35-27(20-9-10-22(42-17(3)4)23(16-20)38-6)26(30(37)40-8-2)18(5)34-31(35)43-25/h9-10,13-17,27H,7-8,12H2,1-6H3/b25-15-/t27-/m1/s1. The van der Waals surface area contributed by atoms with Gasteiger partial charge in [-0.1, -0.05) is 29.0 Å². The third-order valence-corrected chi connectivity index (χ3v) is 7.56. The Labute approximate surface area is 258 Å². The van der Waals surface area contributed by atoms with Gasteiger partial charge in [-0.05, 0) is 76.1 Å². The van der Waals surface area contributed by atoms with E-state index >= 15 is 0 Å². The average Bonchev–Trinajstić information content (AvgIpc) is 3.26. The lowest BCUT2D eigenvalue weighted by Gasteiger charge is -2.25. The number of halogens is 1. The van der Waals surface area contributed by atoms with Crippen molar-refractivity contribution < 1.29 is 28.5 Å². The van der Waals surface area contributed by atoms with Gasteiger partial charge in [0.25, 0.3) is 5.56 Å². The summed E-state index contributed by atoms with van der Waals surface area (Å²) in [6, 6.07) is 9.71. The van der Waals surface area contributed by atoms with E-state index in [1.807, 2.05) is 26.8 Å². The molecule has 1 aliphatic heterocycles. The molecule has 43 heavy (non-hydrogen) atoms. The number of esters is 1. The molecule has 0 N–H and O–H groups in total. The predicted molar refractivity (Wildman–Crippen MR) is 163 cm³/mol. The number of thiazole rings is 1. The predicted octanol–water partition coefficient (Wildman–Crippen LogP) is 4.55. The highest BCUT2D eigenvalue weighted by molar-refractivity contribution is 7.07. The first-order chi connectivity index (χ1) is 20.6. The molecule has 1 atom stereocenters. The van der Waals surface area contributed by atoms with Crippen molar-refractivity contribution in [2.24, 2.45) is 4.99 Å². The van der Waals surface area contributed by atoms with Crippen LogP contribution in [0.25, 0.3) is 6.08 Å². The highest BCUT2D eigenvalue weighted by atomic mass is 35.5. The van der Waals surface area contributed by atoms with Crippen LogP contribution in [0.3, 0.4) is 0 Å². The monoisotopic (exact) mass is 625 g/mol. The Hall–Kier alpha value is -4.27. The number of rotatable bonds is 11. The van der Waals surface area contributed by atoms with Crippen LogP contribution in [0.4, 0.5) is 0 Å². The first-order valence-corrected chi connectivity index (χ1v) is 14.8. The Morgan fingerprint density at radius 1 is 1.16 bits per heavy atom. The average molecular weight is 626 g/mol. The molecular weight excluding hydrogens is 594 g/mol. The third-order valence-electron chi connectivity index (χ3n) is 6.29. The number of fused-ring (bicyclic) bond motifs is 1. The second-order valence-corrected chi connectivity index (χ2v) is 11.0. The molecule has 0 radical (unpaired) electrons. The smallest absolute Gasteiger partial charge is 0.338 e. The summed E-state index contributed by atoms with van der Waals surface area (Å²) in [5, 5.41) is 9.16. The molecule has 0 fully saturated rings. The molecule has 0 spiro atoms. The molecule has 0 aliphatic carbocycles. The number of carbonyl (C=O) groups is 1. The Balaban J connectivity index is 1.92. The highest BCUT2D eigenvalue weighted by Gasteiger charge is 2.34. The summed E-state index contributed by atoms with van der Waals surface area (Å²) in [5.41, 5.74) is 1.54. The Morgan fingerprint density at radius 2 is 1.93 bits per heavy atom. The van der Waals surface area contributed by atoms with E-state index in [1.165, 1.54) is 23.0 Å². The Bertz CT molecular complexity index is 1790. The lowest BCUT2D eigenvalue weighted by molar-refractivity contribution is -0.139. The minimum absolute atomic E-state index is 0.0848. The normalized spacial score (nSPS) is 14.6. The number of nitrogens with zero attached hydrogens (tertiary/aromatic N) is 3. The summed E-state index contributed by atoms with van der Waals surface area (Å²) in [5.74, 6) is 1.03. The molecule has 0 bridgehead atoms. The molecule has 4 rings (SSSR count). The number of hydrogen-bond acceptors (Lipinski definition) is 10. The summed E-state index contributed by atoms with van der Waals surface area (Å²) >= 11 is 7.66. The number of hydrogen-bond donors (Lipinski definition) is 0. The van der Waals surface area contributed by atoms with E-state index < -0.39 is 12.0 Å². The molecule has 0 saturated carbocycles. The van der Waals surface area contributed by atoms with Gasteiger partial charge in [0.05, 0.1) is 53.3 Å². The zero-order valence-electron chi connectivity index (χ0n) is 24.7.